The lowest BCUT2D eigenvalue weighted by Gasteiger charge is -2.24. The van der Waals surface area contributed by atoms with Crippen molar-refractivity contribution in [1.29, 1.82) is 0 Å². The number of aryl methyl sites for hydroxylation is 2. The standard InChI is InChI=1S/C15H21NS.C9H13NO4S2/c1-15(17-3)8-7-12-13(15)9-10-5-4-6-11(10)14(12)16-2;1-6-7(9(2,3)12)4-8(14-6)16(13,15)10-5-11/h9,16H,4-8H2,1-3H3;4-5,12H,1-3H3,(H,10,11,13,15)/t15-;/m1./s1. The second-order valence-electron chi connectivity index (χ2n) is 9.26. The van der Waals surface area contributed by atoms with E-state index in [-0.39, 0.29) is 11.5 Å². The largest absolute Gasteiger partial charge is 0.451 e. The van der Waals surface area contributed by atoms with Crippen LogP contribution in [0.15, 0.2) is 26.0 Å². The Labute approximate surface area is 206 Å². The van der Waals surface area contributed by atoms with Gasteiger partial charge in [0.15, 0.2) is 5.09 Å². The lowest BCUT2D eigenvalue weighted by molar-refractivity contribution is -0.106. The smallest absolute Gasteiger partial charge is 0.241 e. The fraction of sp³-hybridized carbons (Fsp3) is 0.542. The monoisotopic (exact) mass is 510 g/mol. The normalized spacial score (nSPS) is 20.8. The Morgan fingerprint density at radius 1 is 1.30 bits per heavy atom. The van der Waals surface area contributed by atoms with Crippen molar-refractivity contribution in [3.8, 4) is 0 Å². The van der Waals surface area contributed by atoms with Crippen molar-refractivity contribution in [3.05, 3.63) is 45.7 Å². The van der Waals surface area contributed by atoms with E-state index in [9.17, 15) is 14.5 Å². The summed E-state index contributed by atoms with van der Waals surface area (Å²) in [5.41, 5.74) is 7.30. The molecule has 0 saturated carbocycles. The summed E-state index contributed by atoms with van der Waals surface area (Å²) in [6.45, 7) is 7.22. The summed E-state index contributed by atoms with van der Waals surface area (Å²) in [4.78, 5) is 10.2. The van der Waals surface area contributed by atoms with Crippen LogP contribution in [0.2, 0.25) is 0 Å². The number of benzene rings is 1. The zero-order valence-electron chi connectivity index (χ0n) is 20.2. The van der Waals surface area contributed by atoms with E-state index >= 15 is 0 Å². The summed E-state index contributed by atoms with van der Waals surface area (Å²) in [6, 6.07) is 3.95. The number of carbonyl (C=O) groups is 1. The molecular formula is C24H34N2O4S3. The van der Waals surface area contributed by atoms with Gasteiger partial charge in [0.2, 0.25) is 6.41 Å². The Kier molecular flexibility index (Phi) is 7.70. The molecule has 2 atom stereocenters. The van der Waals surface area contributed by atoms with Crippen LogP contribution < -0.4 is 5.32 Å². The molecule has 1 amide bonds. The van der Waals surface area contributed by atoms with E-state index in [4.69, 9.17) is 15.6 Å². The van der Waals surface area contributed by atoms with E-state index in [1.807, 2.05) is 11.8 Å². The van der Waals surface area contributed by atoms with Gasteiger partial charge in [0, 0.05) is 29.1 Å². The highest BCUT2D eigenvalue weighted by Gasteiger charge is 2.37. The number of fused-ring (bicyclic) bond motifs is 2. The van der Waals surface area contributed by atoms with Gasteiger partial charge in [-0.05, 0) is 99.5 Å². The molecule has 33 heavy (non-hydrogen) atoms. The minimum Gasteiger partial charge on any atom is -0.451 e. The number of anilines is 1. The zero-order chi connectivity index (χ0) is 24.6. The third-order valence-electron chi connectivity index (χ3n) is 6.63. The van der Waals surface area contributed by atoms with Crippen molar-refractivity contribution in [1.82, 2.24) is 0 Å². The van der Waals surface area contributed by atoms with Gasteiger partial charge in [-0.15, -0.1) is 0 Å². The minimum atomic E-state index is -3.01. The molecular weight excluding hydrogens is 476 g/mol. The van der Waals surface area contributed by atoms with Crippen LogP contribution >= 0.6 is 11.8 Å². The Balaban J connectivity index is 0.000000186. The lowest BCUT2D eigenvalue weighted by Crippen LogP contribution is -2.15. The van der Waals surface area contributed by atoms with Crippen LogP contribution in [0.1, 0.15) is 67.2 Å². The molecule has 0 aliphatic heterocycles. The van der Waals surface area contributed by atoms with Gasteiger partial charge in [-0.25, -0.2) is 0 Å². The fourth-order valence-electron chi connectivity index (χ4n) is 4.84. The van der Waals surface area contributed by atoms with Gasteiger partial charge in [-0.1, -0.05) is 6.07 Å². The predicted octanol–water partition coefficient (Wildman–Crippen LogP) is 5.34. The molecule has 3 N–H and O–H groups in total. The van der Waals surface area contributed by atoms with Gasteiger partial charge in [0.1, 0.15) is 14.4 Å². The maximum Gasteiger partial charge on any atom is 0.241 e. The second kappa shape index (κ2) is 9.70. The average Bonchev–Trinajstić information content (AvgIpc) is 3.45. The first-order valence-corrected chi connectivity index (χ1v) is 14.7. The summed E-state index contributed by atoms with van der Waals surface area (Å²) < 4.78 is 18.5. The number of aliphatic hydroxyl groups is 1. The number of carbonyl (C=O) groups excluding carboxylic acids is 1. The van der Waals surface area contributed by atoms with Gasteiger partial charge >= 0.3 is 0 Å². The summed E-state index contributed by atoms with van der Waals surface area (Å²) in [5, 5.41) is 13.3. The molecule has 1 heterocycles. The van der Waals surface area contributed by atoms with Crippen LogP contribution in [0, 0.1) is 6.92 Å². The molecule has 2 aromatic rings. The van der Waals surface area contributed by atoms with E-state index in [0.29, 0.717) is 16.1 Å². The van der Waals surface area contributed by atoms with Crippen LogP contribution in [-0.4, -0.2) is 29.4 Å². The van der Waals surface area contributed by atoms with Gasteiger partial charge in [-0.3, -0.25) is 4.79 Å². The molecule has 0 radical (unpaired) electrons. The maximum atomic E-state index is 10.2. The van der Waals surface area contributed by atoms with Crippen molar-refractivity contribution in [2.75, 3.05) is 18.6 Å². The molecule has 182 valence electrons. The quantitative estimate of drug-likeness (QED) is 0.467. The van der Waals surface area contributed by atoms with E-state index in [1.54, 1.807) is 43.0 Å². The lowest BCUT2D eigenvalue weighted by atomic mass is 9.95. The van der Waals surface area contributed by atoms with Crippen molar-refractivity contribution >= 4 is 43.7 Å². The van der Waals surface area contributed by atoms with Crippen LogP contribution in [0.25, 0.3) is 0 Å². The summed E-state index contributed by atoms with van der Waals surface area (Å²) >= 11 is 6.78. The second-order valence-corrected chi connectivity index (χ2v) is 13.6. The number of amides is 1. The summed E-state index contributed by atoms with van der Waals surface area (Å²) in [6.07, 6.45) is 8.88. The van der Waals surface area contributed by atoms with Gasteiger partial charge in [0.25, 0.3) is 0 Å². The van der Waals surface area contributed by atoms with Gasteiger partial charge in [-0.2, -0.15) is 16.1 Å². The third kappa shape index (κ3) is 5.17. The predicted molar refractivity (Wildman–Crippen MR) is 140 cm³/mol. The number of nitrogens with zero attached hydrogens (tertiary/aromatic N) is 1. The SMILES string of the molecule is CNc1c2c(cc3c1CC[C@@]3(C)SC)CCC2.Cc1oc(S(O)(=S)=NC=O)cc1C(C)(C)O. The molecule has 1 unspecified atom stereocenters. The van der Waals surface area contributed by atoms with Gasteiger partial charge in [0.05, 0.1) is 5.60 Å². The highest BCUT2D eigenvalue weighted by atomic mass is 32.8. The number of hydrogen-bond donors (Lipinski definition) is 3. The molecule has 0 bridgehead atoms. The maximum absolute atomic E-state index is 10.2. The number of rotatable bonds is 5. The van der Waals surface area contributed by atoms with Crippen molar-refractivity contribution < 1.29 is 18.9 Å². The van der Waals surface area contributed by atoms with E-state index in [2.05, 4.69) is 36.0 Å². The molecule has 6 nitrogen and oxygen atoms in total. The highest BCUT2D eigenvalue weighted by Crippen LogP contribution is 2.50. The zero-order valence-corrected chi connectivity index (χ0v) is 22.6. The molecule has 4 rings (SSSR count). The van der Waals surface area contributed by atoms with Crippen LogP contribution in [0.5, 0.6) is 0 Å². The summed E-state index contributed by atoms with van der Waals surface area (Å²) in [5.74, 6) is 0.444. The topological polar surface area (TPSA) is 95.1 Å². The molecule has 2 aliphatic carbocycles. The van der Waals surface area contributed by atoms with E-state index in [0.717, 1.165) is 0 Å². The van der Waals surface area contributed by atoms with Crippen molar-refractivity contribution in [2.45, 2.75) is 75.2 Å². The highest BCUT2D eigenvalue weighted by molar-refractivity contribution is 8.31. The first-order valence-electron chi connectivity index (χ1n) is 11.0. The first-order chi connectivity index (χ1) is 15.4. The first kappa shape index (κ1) is 26.2. The average molecular weight is 511 g/mol. The molecule has 1 aromatic heterocycles. The van der Waals surface area contributed by atoms with Crippen molar-refractivity contribution in [3.63, 3.8) is 0 Å². The van der Waals surface area contributed by atoms with Crippen molar-refractivity contribution in [2.24, 2.45) is 4.36 Å². The molecule has 1 aromatic carbocycles. The molecule has 0 fully saturated rings. The van der Waals surface area contributed by atoms with Gasteiger partial charge < -0.3 is 19.4 Å². The van der Waals surface area contributed by atoms with Crippen LogP contribution in [0.4, 0.5) is 5.69 Å². The van der Waals surface area contributed by atoms with E-state index < -0.39 is 14.3 Å². The Hall–Kier alpha value is -1.39. The number of thioether (sulfide) groups is 1. The Morgan fingerprint density at radius 3 is 2.55 bits per heavy atom. The van der Waals surface area contributed by atoms with Crippen LogP contribution in [-0.2, 0) is 54.3 Å². The molecule has 0 spiro atoms. The summed E-state index contributed by atoms with van der Waals surface area (Å²) in [7, 11) is -0.924. The number of nitrogens with one attached hydrogen (secondary N) is 1. The molecule has 9 heteroatoms. The molecule has 2 aliphatic rings. The Morgan fingerprint density at radius 2 is 2.00 bits per heavy atom. The minimum absolute atomic E-state index is 0.0317. The fourth-order valence-corrected chi connectivity index (χ4v) is 6.62. The number of hydrogen-bond acceptors (Lipinski definition) is 6. The molecule has 0 saturated heterocycles. The van der Waals surface area contributed by atoms with Crippen LogP contribution in [0.3, 0.4) is 0 Å². The third-order valence-corrected chi connectivity index (χ3v) is 9.81. The Bertz CT molecular complexity index is 1170. The number of furan rings is 1. The van der Waals surface area contributed by atoms with E-state index in [1.165, 1.54) is 43.9 Å².